The molecular weight excluding hydrogens is 488 g/mol. The van der Waals surface area contributed by atoms with E-state index in [2.05, 4.69) is 26.7 Å². The van der Waals surface area contributed by atoms with Crippen LogP contribution < -0.4 is 4.74 Å². The van der Waals surface area contributed by atoms with Gasteiger partial charge in [0.05, 0.1) is 29.6 Å². The summed E-state index contributed by atoms with van der Waals surface area (Å²) in [5.41, 5.74) is 5.87. The first-order chi connectivity index (χ1) is 18.3. The first kappa shape index (κ1) is 26.2. The predicted octanol–water partition coefficient (Wildman–Crippen LogP) is 3.70. The van der Waals surface area contributed by atoms with Crippen molar-refractivity contribution in [1.82, 2.24) is 19.4 Å². The van der Waals surface area contributed by atoms with Gasteiger partial charge in [0.2, 0.25) is 0 Å². The molecule has 10 nitrogen and oxygen atoms in total. The summed E-state index contributed by atoms with van der Waals surface area (Å²) in [4.78, 5) is 41.9. The molecule has 2 aromatic carbocycles. The minimum absolute atomic E-state index is 0.0597. The van der Waals surface area contributed by atoms with Crippen molar-refractivity contribution >= 4 is 28.7 Å². The van der Waals surface area contributed by atoms with Crippen LogP contribution in [0.1, 0.15) is 33.0 Å². The number of hydrogen-bond acceptors (Lipinski definition) is 5. The molecule has 10 heteroatoms. The quantitative estimate of drug-likeness (QED) is 0.319. The largest absolute Gasteiger partial charge is 0.487 e. The lowest BCUT2D eigenvalue weighted by Crippen LogP contribution is -2.37. The molecule has 0 unspecified atom stereocenters. The predicted molar refractivity (Wildman–Crippen MR) is 140 cm³/mol. The Bertz CT molecular complexity index is 1490. The van der Waals surface area contributed by atoms with E-state index in [9.17, 15) is 14.4 Å². The van der Waals surface area contributed by atoms with Crippen molar-refractivity contribution in [3.05, 3.63) is 95.2 Å². The van der Waals surface area contributed by atoms with E-state index in [-0.39, 0.29) is 5.91 Å². The molecular formula is C28H28N4O6. The number of hydrogen-bond donors (Lipinski definition) is 3. The zero-order chi connectivity index (χ0) is 27.2. The van der Waals surface area contributed by atoms with Crippen LogP contribution >= 0.6 is 0 Å². The number of aliphatic carboxylic acids is 2. The Labute approximate surface area is 218 Å². The van der Waals surface area contributed by atoms with Crippen LogP contribution in [0.25, 0.3) is 10.9 Å². The maximum atomic E-state index is 13.4. The minimum atomic E-state index is -1.26. The van der Waals surface area contributed by atoms with Gasteiger partial charge in [-0.05, 0) is 18.6 Å². The SMILES string of the molecule is Cc1[nH]cnc1CN1CCc2c(c3cccc(OCc4ccccc4)c3n2C)C1=O.O=C(O)/C=C\C(=O)O. The Kier molecular flexibility index (Phi) is 7.91. The number of nitrogens with one attached hydrogen (secondary N) is 1. The van der Waals surface area contributed by atoms with E-state index in [0.29, 0.717) is 31.8 Å². The molecule has 1 aliphatic heterocycles. The molecule has 0 aliphatic carbocycles. The Balaban J connectivity index is 0.000000368. The fourth-order valence-corrected chi connectivity index (χ4v) is 4.43. The highest BCUT2D eigenvalue weighted by molar-refractivity contribution is 6.10. The molecule has 1 aliphatic rings. The fraction of sp³-hybridized carbons (Fsp3) is 0.214. The van der Waals surface area contributed by atoms with E-state index in [1.54, 1.807) is 6.33 Å². The third kappa shape index (κ3) is 5.75. The molecule has 3 heterocycles. The number of carbonyl (C=O) groups excluding carboxylic acids is 1. The molecule has 0 spiro atoms. The van der Waals surface area contributed by atoms with E-state index in [0.717, 1.165) is 51.3 Å². The number of carboxylic acid groups (broad SMARTS) is 2. The number of carbonyl (C=O) groups is 3. The molecule has 0 saturated heterocycles. The van der Waals surface area contributed by atoms with Gasteiger partial charge in [0.15, 0.2) is 0 Å². The van der Waals surface area contributed by atoms with E-state index in [1.807, 2.05) is 55.3 Å². The normalized spacial score (nSPS) is 12.8. The van der Waals surface area contributed by atoms with Crippen molar-refractivity contribution in [2.24, 2.45) is 7.05 Å². The third-order valence-electron chi connectivity index (χ3n) is 6.30. The molecule has 0 radical (unpaired) electrons. The number of para-hydroxylation sites is 1. The van der Waals surface area contributed by atoms with E-state index < -0.39 is 11.9 Å². The van der Waals surface area contributed by atoms with Crippen LogP contribution in [-0.4, -0.2) is 54.0 Å². The summed E-state index contributed by atoms with van der Waals surface area (Å²) in [6.07, 6.45) is 3.61. The number of nitrogens with zero attached hydrogens (tertiary/aromatic N) is 3. The topological polar surface area (TPSA) is 138 Å². The molecule has 2 aromatic heterocycles. The first-order valence-electron chi connectivity index (χ1n) is 11.9. The number of aromatic nitrogens is 3. The van der Waals surface area contributed by atoms with Crippen molar-refractivity contribution in [3.63, 3.8) is 0 Å². The monoisotopic (exact) mass is 516 g/mol. The zero-order valence-corrected chi connectivity index (χ0v) is 21.0. The molecule has 196 valence electrons. The van der Waals surface area contributed by atoms with Gasteiger partial charge in [-0.15, -0.1) is 0 Å². The molecule has 4 aromatic rings. The summed E-state index contributed by atoms with van der Waals surface area (Å²) in [6, 6.07) is 16.1. The van der Waals surface area contributed by atoms with E-state index >= 15 is 0 Å². The van der Waals surface area contributed by atoms with Crippen LogP contribution in [0.2, 0.25) is 0 Å². The Morgan fingerprint density at radius 2 is 1.79 bits per heavy atom. The molecule has 0 bridgehead atoms. The number of aryl methyl sites for hydroxylation is 2. The summed E-state index contributed by atoms with van der Waals surface area (Å²) in [5.74, 6) is -1.65. The molecule has 38 heavy (non-hydrogen) atoms. The highest BCUT2D eigenvalue weighted by Crippen LogP contribution is 2.36. The number of benzene rings is 2. The van der Waals surface area contributed by atoms with Gasteiger partial charge in [0, 0.05) is 48.9 Å². The molecule has 1 amide bonds. The maximum Gasteiger partial charge on any atom is 0.328 e. The summed E-state index contributed by atoms with van der Waals surface area (Å²) >= 11 is 0. The lowest BCUT2D eigenvalue weighted by molar-refractivity contribution is -0.134. The average Bonchev–Trinajstić information content (AvgIpc) is 3.44. The number of aromatic amines is 1. The maximum absolute atomic E-state index is 13.4. The van der Waals surface area contributed by atoms with Gasteiger partial charge in [-0.25, -0.2) is 14.6 Å². The second-order valence-electron chi connectivity index (χ2n) is 8.77. The van der Waals surface area contributed by atoms with Crippen molar-refractivity contribution in [1.29, 1.82) is 0 Å². The number of carboxylic acids is 2. The van der Waals surface area contributed by atoms with E-state index in [1.165, 1.54) is 0 Å². The number of fused-ring (bicyclic) bond motifs is 3. The molecule has 0 atom stereocenters. The Morgan fingerprint density at radius 1 is 1.08 bits per heavy atom. The third-order valence-corrected chi connectivity index (χ3v) is 6.30. The lowest BCUT2D eigenvalue weighted by atomic mass is 10.0. The average molecular weight is 517 g/mol. The van der Waals surface area contributed by atoms with Gasteiger partial charge in [0.1, 0.15) is 12.4 Å². The van der Waals surface area contributed by atoms with Crippen molar-refractivity contribution in [3.8, 4) is 5.75 Å². The minimum Gasteiger partial charge on any atom is -0.487 e. The van der Waals surface area contributed by atoms with Crippen LogP contribution in [0.4, 0.5) is 0 Å². The highest BCUT2D eigenvalue weighted by atomic mass is 16.5. The summed E-state index contributed by atoms with van der Waals surface area (Å²) in [6.45, 7) is 3.68. The summed E-state index contributed by atoms with van der Waals surface area (Å²) < 4.78 is 8.29. The second kappa shape index (κ2) is 11.5. The lowest BCUT2D eigenvalue weighted by Gasteiger charge is -2.27. The Morgan fingerprint density at radius 3 is 2.42 bits per heavy atom. The van der Waals surface area contributed by atoms with Crippen molar-refractivity contribution in [2.45, 2.75) is 26.5 Å². The van der Waals surface area contributed by atoms with Crippen LogP contribution in [0, 0.1) is 6.92 Å². The number of amides is 1. The second-order valence-corrected chi connectivity index (χ2v) is 8.77. The number of rotatable bonds is 7. The molecule has 0 saturated carbocycles. The molecule has 5 rings (SSSR count). The molecule has 0 fully saturated rings. The van der Waals surface area contributed by atoms with Gasteiger partial charge in [-0.1, -0.05) is 42.5 Å². The van der Waals surface area contributed by atoms with Gasteiger partial charge in [-0.2, -0.15) is 0 Å². The zero-order valence-electron chi connectivity index (χ0n) is 21.0. The van der Waals surface area contributed by atoms with Crippen LogP contribution in [0.5, 0.6) is 5.75 Å². The van der Waals surface area contributed by atoms with E-state index in [4.69, 9.17) is 14.9 Å². The van der Waals surface area contributed by atoms with Crippen LogP contribution in [0.3, 0.4) is 0 Å². The summed E-state index contributed by atoms with van der Waals surface area (Å²) in [7, 11) is 2.03. The number of imidazole rings is 1. The standard InChI is InChI=1S/C24H24N4O2.C4H4O4/c1-16-19(26-15-25-16)13-28-12-11-20-22(24(28)29)18-9-6-10-21(23(18)27(20)2)30-14-17-7-4-3-5-8-17;5-3(6)1-2-4(7)8/h3-10,15H,11-14H2,1-2H3,(H,25,26);1-2H,(H,5,6)(H,7,8)/b;2-1-. The smallest absolute Gasteiger partial charge is 0.328 e. The molecule has 3 N–H and O–H groups in total. The van der Waals surface area contributed by atoms with Crippen molar-refractivity contribution < 1.29 is 29.3 Å². The highest BCUT2D eigenvalue weighted by Gasteiger charge is 2.31. The van der Waals surface area contributed by atoms with Gasteiger partial charge >= 0.3 is 11.9 Å². The van der Waals surface area contributed by atoms with Crippen molar-refractivity contribution in [2.75, 3.05) is 6.54 Å². The fourth-order valence-electron chi connectivity index (χ4n) is 4.43. The first-order valence-corrected chi connectivity index (χ1v) is 11.9. The van der Waals surface area contributed by atoms with Gasteiger partial charge in [0.25, 0.3) is 5.91 Å². The van der Waals surface area contributed by atoms with Crippen LogP contribution in [-0.2, 0) is 36.2 Å². The van der Waals surface area contributed by atoms with Gasteiger partial charge < -0.3 is 29.4 Å². The van der Waals surface area contributed by atoms with Crippen LogP contribution in [0.15, 0.2) is 67.0 Å². The summed E-state index contributed by atoms with van der Waals surface area (Å²) in [5, 5.41) is 16.6. The van der Waals surface area contributed by atoms with Gasteiger partial charge in [-0.3, -0.25) is 4.79 Å². The number of ether oxygens (including phenoxy) is 1. The number of H-pyrrole nitrogens is 1. The Hall–Kier alpha value is -4.86.